The molecule has 0 saturated heterocycles. The number of aryl methyl sites for hydroxylation is 2. The Morgan fingerprint density at radius 2 is 0.597 bits per heavy atom. The Kier molecular flexibility index (Phi) is 9.62. The third-order valence-corrected chi connectivity index (χ3v) is 14.6. The summed E-state index contributed by atoms with van der Waals surface area (Å²) in [6.07, 6.45) is 0. The summed E-state index contributed by atoms with van der Waals surface area (Å²) in [4.78, 5) is 4.69. The van der Waals surface area contributed by atoms with Crippen molar-refractivity contribution in [2.75, 3.05) is 9.80 Å². The Balaban J connectivity index is 0.869. The Bertz CT molecular complexity index is 4150. The van der Waals surface area contributed by atoms with Gasteiger partial charge in [-0.3, -0.25) is 0 Å². The van der Waals surface area contributed by atoms with E-state index in [2.05, 4.69) is 266 Å². The van der Waals surface area contributed by atoms with Gasteiger partial charge in [-0.1, -0.05) is 133 Å². The molecule has 2 heterocycles. The minimum absolute atomic E-state index is 0.834. The fraction of sp³-hybridized carbons (Fsp3) is 0.0294. The SMILES string of the molecule is Cc1ccc(N(c2ccc3ccccc3c2)c2ccc3c(c2)oc2cc4cc5c(cc4cc23)oc2cc(N(c3ccc(C)c(-c4ccccc4)c3)c3ccc4ccccc4c3)ccc25)cc1-c1ccccc1. The maximum atomic E-state index is 6.83. The second kappa shape index (κ2) is 16.6. The van der Waals surface area contributed by atoms with E-state index in [1.165, 1.54) is 54.9 Å². The van der Waals surface area contributed by atoms with Crippen molar-refractivity contribution in [3.05, 3.63) is 254 Å². The topological polar surface area (TPSA) is 32.8 Å². The van der Waals surface area contributed by atoms with E-state index in [-0.39, 0.29) is 0 Å². The molecule has 0 aliphatic heterocycles. The van der Waals surface area contributed by atoms with Crippen molar-refractivity contribution in [2.45, 2.75) is 13.8 Å². The van der Waals surface area contributed by atoms with Crippen LogP contribution in [0.15, 0.2) is 251 Å². The van der Waals surface area contributed by atoms with Crippen LogP contribution in [-0.2, 0) is 0 Å². The Morgan fingerprint density at radius 1 is 0.250 bits per heavy atom. The molecule has 12 aromatic carbocycles. The van der Waals surface area contributed by atoms with Gasteiger partial charge in [-0.15, -0.1) is 0 Å². The van der Waals surface area contributed by atoms with Crippen LogP contribution in [0, 0.1) is 13.8 Å². The van der Waals surface area contributed by atoms with Crippen LogP contribution in [0.3, 0.4) is 0 Å². The second-order valence-corrected chi connectivity index (χ2v) is 19.1. The third kappa shape index (κ3) is 7.07. The molecule has 4 nitrogen and oxygen atoms in total. The van der Waals surface area contributed by atoms with Gasteiger partial charge in [0.2, 0.25) is 0 Å². The monoisotopic (exact) mass is 922 g/mol. The summed E-state index contributed by atoms with van der Waals surface area (Å²) in [5.41, 5.74) is 17.0. The highest BCUT2D eigenvalue weighted by atomic mass is 16.3. The van der Waals surface area contributed by atoms with Crippen LogP contribution >= 0.6 is 0 Å². The molecule has 0 saturated carbocycles. The molecule has 0 fully saturated rings. The van der Waals surface area contributed by atoms with E-state index < -0.39 is 0 Å². The van der Waals surface area contributed by atoms with Crippen molar-refractivity contribution >= 4 is 110 Å². The van der Waals surface area contributed by atoms with Crippen molar-refractivity contribution in [3.8, 4) is 22.3 Å². The first-order valence-electron chi connectivity index (χ1n) is 24.6. The van der Waals surface area contributed by atoms with Gasteiger partial charge in [0.05, 0.1) is 0 Å². The van der Waals surface area contributed by atoms with Gasteiger partial charge in [0.15, 0.2) is 0 Å². The number of hydrogen-bond acceptors (Lipinski definition) is 4. The summed E-state index contributed by atoms with van der Waals surface area (Å²) in [7, 11) is 0. The molecule has 340 valence electrons. The number of benzene rings is 12. The first kappa shape index (κ1) is 41.6. The van der Waals surface area contributed by atoms with Gasteiger partial charge in [0.25, 0.3) is 0 Å². The van der Waals surface area contributed by atoms with E-state index >= 15 is 0 Å². The summed E-state index contributed by atoms with van der Waals surface area (Å²) in [5, 5.41) is 11.3. The average Bonchev–Trinajstić information content (AvgIpc) is 3.97. The van der Waals surface area contributed by atoms with Crippen molar-refractivity contribution in [1.29, 1.82) is 0 Å². The quantitative estimate of drug-likeness (QED) is 0.152. The summed E-state index contributed by atoms with van der Waals surface area (Å²) in [6.45, 7) is 4.36. The minimum atomic E-state index is 0.834. The molecule has 2 aromatic heterocycles. The number of hydrogen-bond donors (Lipinski definition) is 0. The van der Waals surface area contributed by atoms with Gasteiger partial charge in [-0.05, 0) is 177 Å². The Morgan fingerprint density at radius 3 is 1.04 bits per heavy atom. The van der Waals surface area contributed by atoms with Crippen LogP contribution in [0.1, 0.15) is 11.1 Å². The van der Waals surface area contributed by atoms with E-state index in [0.717, 1.165) is 88.8 Å². The summed E-state index contributed by atoms with van der Waals surface area (Å²) >= 11 is 0. The lowest BCUT2D eigenvalue weighted by molar-refractivity contribution is 0.668. The van der Waals surface area contributed by atoms with Gasteiger partial charge in [-0.25, -0.2) is 0 Å². The molecular weight excluding hydrogens is 877 g/mol. The number of fused-ring (bicyclic) bond motifs is 9. The zero-order valence-electron chi connectivity index (χ0n) is 39.8. The van der Waals surface area contributed by atoms with E-state index in [9.17, 15) is 0 Å². The molecule has 14 rings (SSSR count). The van der Waals surface area contributed by atoms with Crippen LogP contribution in [0.5, 0.6) is 0 Å². The average molecular weight is 923 g/mol. The van der Waals surface area contributed by atoms with Crippen molar-refractivity contribution < 1.29 is 8.83 Å². The van der Waals surface area contributed by atoms with E-state index in [1.54, 1.807) is 0 Å². The first-order valence-corrected chi connectivity index (χ1v) is 24.6. The first-order chi connectivity index (χ1) is 35.5. The predicted octanol–water partition coefficient (Wildman–Crippen LogP) is 19.8. The maximum Gasteiger partial charge on any atom is 0.137 e. The molecule has 72 heavy (non-hydrogen) atoms. The predicted molar refractivity (Wildman–Crippen MR) is 303 cm³/mol. The molecule has 0 bridgehead atoms. The zero-order chi connectivity index (χ0) is 47.9. The fourth-order valence-corrected chi connectivity index (χ4v) is 10.9. The number of nitrogens with zero attached hydrogens (tertiary/aromatic N) is 2. The van der Waals surface area contributed by atoms with Crippen LogP contribution in [0.25, 0.3) is 98.4 Å². The highest BCUT2D eigenvalue weighted by Gasteiger charge is 2.21. The highest BCUT2D eigenvalue weighted by Crippen LogP contribution is 2.45. The fourth-order valence-electron chi connectivity index (χ4n) is 10.9. The standard InChI is InChI=1S/C68H46N2O2/c1-43-21-25-55(39-61(43)47-15-5-3-6-16-47)69(53-27-23-45-13-9-11-19-49(45)33-53)57-29-31-59-63-35-51-38-66-64(36-52(51)37-65(63)71-67(59)41-57)60-32-30-58(42-68(60)72-66)70(54-28-24-46-14-10-12-20-50(46)34-54)56-26-22-44(2)62(40-56)48-17-7-4-8-18-48/h3-42H,1-2H3. The van der Waals surface area contributed by atoms with E-state index in [1.807, 2.05) is 0 Å². The molecule has 4 heteroatoms. The Labute approximate surface area is 416 Å². The summed E-state index contributed by atoms with van der Waals surface area (Å²) in [5.74, 6) is 0. The van der Waals surface area contributed by atoms with Crippen LogP contribution in [-0.4, -0.2) is 0 Å². The normalized spacial score (nSPS) is 11.8. The van der Waals surface area contributed by atoms with Gasteiger partial charge >= 0.3 is 0 Å². The molecule has 0 radical (unpaired) electrons. The van der Waals surface area contributed by atoms with Gasteiger partial charge in [0, 0.05) is 67.8 Å². The lowest BCUT2D eigenvalue weighted by atomic mass is 9.99. The Hall–Kier alpha value is -9.38. The molecule has 0 aliphatic rings. The molecule has 0 atom stereocenters. The smallest absolute Gasteiger partial charge is 0.137 e. The number of rotatable bonds is 8. The minimum Gasteiger partial charge on any atom is -0.456 e. The lowest BCUT2D eigenvalue weighted by Gasteiger charge is -2.27. The largest absolute Gasteiger partial charge is 0.456 e. The van der Waals surface area contributed by atoms with Gasteiger partial charge in [-0.2, -0.15) is 0 Å². The van der Waals surface area contributed by atoms with Crippen LogP contribution < -0.4 is 9.80 Å². The van der Waals surface area contributed by atoms with E-state index in [4.69, 9.17) is 8.83 Å². The van der Waals surface area contributed by atoms with Crippen LogP contribution in [0.4, 0.5) is 34.1 Å². The summed E-state index contributed by atoms with van der Waals surface area (Å²) < 4.78 is 13.7. The molecule has 0 amide bonds. The lowest BCUT2D eigenvalue weighted by Crippen LogP contribution is -2.10. The molecule has 0 unspecified atom stereocenters. The summed E-state index contributed by atoms with van der Waals surface area (Å²) in [6, 6.07) is 87.4. The zero-order valence-corrected chi connectivity index (χ0v) is 39.8. The number of furan rings is 2. The van der Waals surface area contributed by atoms with Crippen molar-refractivity contribution in [2.24, 2.45) is 0 Å². The molecule has 0 spiro atoms. The molecule has 0 aliphatic carbocycles. The second-order valence-electron chi connectivity index (χ2n) is 19.1. The molecule has 14 aromatic rings. The number of anilines is 6. The highest BCUT2D eigenvalue weighted by molar-refractivity contribution is 6.16. The van der Waals surface area contributed by atoms with E-state index in [0.29, 0.717) is 0 Å². The maximum absolute atomic E-state index is 6.83. The van der Waals surface area contributed by atoms with Crippen molar-refractivity contribution in [1.82, 2.24) is 0 Å². The van der Waals surface area contributed by atoms with Crippen molar-refractivity contribution in [3.63, 3.8) is 0 Å². The molecular formula is C68H46N2O2. The molecule has 0 N–H and O–H groups in total. The van der Waals surface area contributed by atoms with Gasteiger partial charge < -0.3 is 18.6 Å². The van der Waals surface area contributed by atoms with Crippen LogP contribution in [0.2, 0.25) is 0 Å². The van der Waals surface area contributed by atoms with Gasteiger partial charge in [0.1, 0.15) is 22.3 Å². The third-order valence-electron chi connectivity index (χ3n) is 14.6.